The van der Waals surface area contributed by atoms with Crippen LogP contribution >= 0.6 is 0 Å². The van der Waals surface area contributed by atoms with Crippen molar-refractivity contribution in [2.24, 2.45) is 5.92 Å². The fourth-order valence-corrected chi connectivity index (χ4v) is 3.27. The van der Waals surface area contributed by atoms with Crippen molar-refractivity contribution >= 4 is 0 Å². The summed E-state index contributed by atoms with van der Waals surface area (Å²) in [6.07, 6.45) is 8.27. The number of hydrogen-bond donors (Lipinski definition) is 0. The fourth-order valence-electron chi connectivity index (χ4n) is 3.27. The second-order valence-electron chi connectivity index (χ2n) is 4.86. The van der Waals surface area contributed by atoms with Crippen LogP contribution in [-0.2, 0) is 0 Å². The Morgan fingerprint density at radius 2 is 2.00 bits per heavy atom. The van der Waals surface area contributed by atoms with Gasteiger partial charge in [-0.05, 0) is 50.7 Å². The molecule has 2 aliphatic carbocycles. The maximum atomic E-state index is 2.37. The summed E-state index contributed by atoms with van der Waals surface area (Å²) in [7, 11) is 0. The molecule has 2 rings (SSSR count). The molecule has 0 spiro atoms. The molecular formula is C14H22. The van der Waals surface area contributed by atoms with Crippen LogP contribution in [0.25, 0.3) is 0 Å². The molecule has 14 heavy (non-hydrogen) atoms. The van der Waals surface area contributed by atoms with Gasteiger partial charge in [0.1, 0.15) is 0 Å². The molecule has 0 aliphatic heterocycles. The second-order valence-corrected chi connectivity index (χ2v) is 4.86. The first kappa shape index (κ1) is 10.0. The van der Waals surface area contributed by atoms with Crippen LogP contribution in [0.15, 0.2) is 22.3 Å². The van der Waals surface area contributed by atoms with Gasteiger partial charge in [0.2, 0.25) is 0 Å². The highest BCUT2D eigenvalue weighted by atomic mass is 14.3. The minimum absolute atomic E-state index is 0.852. The molecule has 0 heteroatoms. The van der Waals surface area contributed by atoms with Gasteiger partial charge in [0.15, 0.2) is 0 Å². The lowest BCUT2D eigenvalue weighted by Crippen LogP contribution is -2.08. The third-order valence-corrected chi connectivity index (χ3v) is 4.04. The van der Waals surface area contributed by atoms with Crippen LogP contribution in [0, 0.1) is 5.92 Å². The number of allylic oxidation sites excluding steroid dienone is 4. The van der Waals surface area contributed by atoms with E-state index in [4.69, 9.17) is 0 Å². The maximum absolute atomic E-state index is 2.37. The summed E-state index contributed by atoms with van der Waals surface area (Å²) in [6.45, 7) is 7.02. The van der Waals surface area contributed by atoms with E-state index in [0.717, 1.165) is 5.92 Å². The highest BCUT2D eigenvalue weighted by molar-refractivity contribution is 5.48. The van der Waals surface area contributed by atoms with Crippen LogP contribution in [0.4, 0.5) is 0 Å². The SMILES string of the molecule is CCCC1=C(C)C2CCCCC2=C1C. The maximum Gasteiger partial charge on any atom is 0.00159 e. The predicted molar refractivity (Wildman–Crippen MR) is 62.3 cm³/mol. The topological polar surface area (TPSA) is 0 Å². The molecule has 1 atom stereocenters. The van der Waals surface area contributed by atoms with Gasteiger partial charge in [0.05, 0.1) is 0 Å². The highest BCUT2D eigenvalue weighted by Crippen LogP contribution is 2.46. The van der Waals surface area contributed by atoms with Crippen LogP contribution in [-0.4, -0.2) is 0 Å². The molecule has 0 aromatic heterocycles. The van der Waals surface area contributed by atoms with Crippen LogP contribution < -0.4 is 0 Å². The van der Waals surface area contributed by atoms with E-state index in [1.165, 1.54) is 38.5 Å². The van der Waals surface area contributed by atoms with Crippen molar-refractivity contribution in [3.63, 3.8) is 0 Å². The van der Waals surface area contributed by atoms with E-state index in [1.807, 2.05) is 0 Å². The van der Waals surface area contributed by atoms with E-state index in [2.05, 4.69) is 20.8 Å². The molecule has 1 unspecified atom stereocenters. The molecule has 0 N–H and O–H groups in total. The van der Waals surface area contributed by atoms with Crippen molar-refractivity contribution in [3.05, 3.63) is 22.3 Å². The van der Waals surface area contributed by atoms with Gasteiger partial charge in [0.25, 0.3) is 0 Å². The first-order chi connectivity index (χ1) is 6.75. The molecule has 78 valence electrons. The summed E-state index contributed by atoms with van der Waals surface area (Å²) in [6, 6.07) is 0. The summed E-state index contributed by atoms with van der Waals surface area (Å²) >= 11 is 0. The third kappa shape index (κ3) is 1.45. The van der Waals surface area contributed by atoms with Crippen molar-refractivity contribution in [1.29, 1.82) is 0 Å². The Morgan fingerprint density at radius 1 is 1.21 bits per heavy atom. The second kappa shape index (κ2) is 3.92. The van der Waals surface area contributed by atoms with Gasteiger partial charge in [-0.2, -0.15) is 0 Å². The fraction of sp³-hybridized carbons (Fsp3) is 0.714. The normalized spacial score (nSPS) is 27.2. The van der Waals surface area contributed by atoms with E-state index in [1.54, 1.807) is 22.3 Å². The summed E-state index contributed by atoms with van der Waals surface area (Å²) in [5, 5.41) is 0. The summed E-state index contributed by atoms with van der Waals surface area (Å²) in [5.41, 5.74) is 6.86. The Balaban J connectivity index is 2.29. The van der Waals surface area contributed by atoms with Crippen LogP contribution in [0.5, 0.6) is 0 Å². The first-order valence-electron chi connectivity index (χ1n) is 6.15. The lowest BCUT2D eigenvalue weighted by Gasteiger charge is -2.22. The van der Waals surface area contributed by atoms with Crippen molar-refractivity contribution < 1.29 is 0 Å². The Kier molecular flexibility index (Phi) is 2.80. The van der Waals surface area contributed by atoms with E-state index in [9.17, 15) is 0 Å². The number of hydrogen-bond acceptors (Lipinski definition) is 0. The zero-order valence-corrected chi connectivity index (χ0v) is 9.82. The van der Waals surface area contributed by atoms with Gasteiger partial charge in [-0.15, -0.1) is 0 Å². The molecule has 0 radical (unpaired) electrons. The number of fused-ring (bicyclic) bond motifs is 1. The lowest BCUT2D eigenvalue weighted by molar-refractivity contribution is 0.506. The molecule has 0 aromatic carbocycles. The predicted octanol–water partition coefficient (Wildman–Crippen LogP) is 4.62. The highest BCUT2D eigenvalue weighted by Gasteiger charge is 2.29. The third-order valence-electron chi connectivity index (χ3n) is 4.04. The summed E-state index contributed by atoms with van der Waals surface area (Å²) in [4.78, 5) is 0. The Morgan fingerprint density at radius 3 is 2.64 bits per heavy atom. The van der Waals surface area contributed by atoms with E-state index in [-0.39, 0.29) is 0 Å². The van der Waals surface area contributed by atoms with Crippen molar-refractivity contribution in [3.8, 4) is 0 Å². The molecule has 1 fully saturated rings. The molecule has 0 heterocycles. The minimum Gasteiger partial charge on any atom is -0.0651 e. The standard InChI is InChI=1S/C14H22/c1-4-7-12-10(2)13-8-5-6-9-14(13)11(12)3/h13H,4-9H2,1-3H3. The van der Waals surface area contributed by atoms with Crippen molar-refractivity contribution in [2.45, 2.75) is 59.3 Å². The van der Waals surface area contributed by atoms with Crippen LogP contribution in [0.3, 0.4) is 0 Å². The van der Waals surface area contributed by atoms with Crippen molar-refractivity contribution in [2.75, 3.05) is 0 Å². The lowest BCUT2D eigenvalue weighted by atomic mass is 9.82. The number of rotatable bonds is 2. The van der Waals surface area contributed by atoms with Gasteiger partial charge in [0, 0.05) is 5.92 Å². The molecule has 0 aromatic rings. The average Bonchev–Trinajstić information content (AvgIpc) is 2.45. The van der Waals surface area contributed by atoms with Gasteiger partial charge in [-0.25, -0.2) is 0 Å². The summed E-state index contributed by atoms with van der Waals surface area (Å²) < 4.78 is 0. The van der Waals surface area contributed by atoms with Gasteiger partial charge in [-0.1, -0.05) is 30.9 Å². The smallest absolute Gasteiger partial charge is 0.00159 e. The molecule has 0 bridgehead atoms. The quantitative estimate of drug-likeness (QED) is 0.596. The zero-order valence-electron chi connectivity index (χ0n) is 9.82. The minimum atomic E-state index is 0.852. The van der Waals surface area contributed by atoms with Crippen LogP contribution in [0.1, 0.15) is 59.3 Å². The molecule has 2 aliphatic rings. The van der Waals surface area contributed by atoms with Gasteiger partial charge >= 0.3 is 0 Å². The monoisotopic (exact) mass is 190 g/mol. The summed E-state index contributed by atoms with van der Waals surface area (Å²) in [5.74, 6) is 0.852. The first-order valence-corrected chi connectivity index (χ1v) is 6.15. The molecular weight excluding hydrogens is 168 g/mol. The largest absolute Gasteiger partial charge is 0.0651 e. The average molecular weight is 190 g/mol. The van der Waals surface area contributed by atoms with Gasteiger partial charge in [-0.3, -0.25) is 0 Å². The Hall–Kier alpha value is -0.520. The van der Waals surface area contributed by atoms with Crippen LogP contribution in [0.2, 0.25) is 0 Å². The zero-order chi connectivity index (χ0) is 10.1. The Bertz CT molecular complexity index is 291. The van der Waals surface area contributed by atoms with Gasteiger partial charge < -0.3 is 0 Å². The van der Waals surface area contributed by atoms with Crippen molar-refractivity contribution in [1.82, 2.24) is 0 Å². The molecule has 0 amide bonds. The van der Waals surface area contributed by atoms with E-state index >= 15 is 0 Å². The Labute approximate surface area is 88.1 Å². The molecule has 1 saturated carbocycles. The van der Waals surface area contributed by atoms with E-state index in [0.29, 0.717) is 0 Å². The molecule has 0 nitrogen and oxygen atoms in total. The van der Waals surface area contributed by atoms with E-state index < -0.39 is 0 Å². The molecule has 0 saturated heterocycles.